The van der Waals surface area contributed by atoms with Gasteiger partial charge < -0.3 is 33.8 Å². The van der Waals surface area contributed by atoms with Gasteiger partial charge in [0.25, 0.3) is 0 Å². The van der Waals surface area contributed by atoms with Gasteiger partial charge in [-0.1, -0.05) is 306 Å². The van der Waals surface area contributed by atoms with Crippen LogP contribution in [0.25, 0.3) is 0 Å². The lowest BCUT2D eigenvalue weighted by Crippen LogP contribution is -2.30. The third kappa shape index (κ3) is 66.5. The lowest BCUT2D eigenvalue weighted by molar-refractivity contribution is -0.161. The van der Waals surface area contributed by atoms with Gasteiger partial charge in [-0.3, -0.25) is 37.3 Å². The van der Waals surface area contributed by atoms with Crippen molar-refractivity contribution in [3.63, 3.8) is 0 Å². The van der Waals surface area contributed by atoms with Gasteiger partial charge in [-0.15, -0.1) is 0 Å². The van der Waals surface area contributed by atoms with Crippen molar-refractivity contribution in [1.82, 2.24) is 0 Å². The van der Waals surface area contributed by atoms with Crippen LogP contribution in [0.5, 0.6) is 0 Å². The number of hydrogen-bond acceptors (Lipinski definition) is 15. The first kappa shape index (κ1) is 89.1. The van der Waals surface area contributed by atoms with E-state index in [1.165, 1.54) is 154 Å². The van der Waals surface area contributed by atoms with E-state index in [1.807, 2.05) is 0 Å². The fourth-order valence-electron chi connectivity index (χ4n) is 10.8. The number of hydrogen-bond donors (Lipinski definition) is 3. The number of carbonyl (C=O) groups is 4. The van der Waals surface area contributed by atoms with Crippen LogP contribution in [0.2, 0.25) is 0 Å². The topological polar surface area (TPSA) is 237 Å². The second-order valence-corrected chi connectivity index (χ2v) is 30.8. The van der Waals surface area contributed by atoms with Crippen molar-refractivity contribution in [3.05, 3.63) is 0 Å². The summed E-state index contributed by atoms with van der Waals surface area (Å²) in [4.78, 5) is 72.6. The predicted molar refractivity (Wildman–Crippen MR) is 367 cm³/mol. The van der Waals surface area contributed by atoms with E-state index in [-0.39, 0.29) is 25.7 Å². The van der Waals surface area contributed by atoms with Crippen LogP contribution < -0.4 is 0 Å². The number of rotatable bonds is 69. The molecule has 0 amide bonds. The summed E-state index contributed by atoms with van der Waals surface area (Å²) in [7, 11) is -9.91. The van der Waals surface area contributed by atoms with Gasteiger partial charge in [0.2, 0.25) is 0 Å². The van der Waals surface area contributed by atoms with Crippen molar-refractivity contribution >= 4 is 39.5 Å². The number of unbranched alkanes of at least 4 members (excludes halogenated alkanes) is 35. The Bertz CT molecular complexity index is 1800. The number of aliphatic hydroxyl groups excluding tert-OH is 1. The lowest BCUT2D eigenvalue weighted by atomic mass is 10.0. The van der Waals surface area contributed by atoms with Gasteiger partial charge in [0.15, 0.2) is 12.2 Å². The van der Waals surface area contributed by atoms with E-state index in [1.54, 1.807) is 0 Å². The standard InChI is InChI=1S/C72H140O17P2/c1-62(2)48-40-32-24-18-13-11-9-10-12-14-22-28-38-46-54-71(76)88-67(58-82-69(74)52-44-36-27-21-16-15-19-25-33-41-49-63(3)4)60-86-90(78,79)84-56-66(73)57-85-91(80,81)87-61-68(59-83-70(75)53-45-37-31-30-35-43-51-65(7)8)89-72(77)55-47-39-29-23-17-20-26-34-42-50-64(5)6/h62-68,73H,9-61H2,1-8H3,(H,78,79)(H,80,81)/t66-,67-,68-/m1/s1. The molecule has 0 saturated carbocycles. The predicted octanol–water partition coefficient (Wildman–Crippen LogP) is 20.5. The van der Waals surface area contributed by atoms with Crippen molar-refractivity contribution < 1.29 is 80.2 Å². The number of ether oxygens (including phenoxy) is 4. The first-order valence-electron chi connectivity index (χ1n) is 37.2. The highest BCUT2D eigenvalue weighted by atomic mass is 31.2. The molecule has 0 aliphatic heterocycles. The largest absolute Gasteiger partial charge is 0.472 e. The molecule has 3 N–H and O–H groups in total. The number of carbonyl (C=O) groups excluding carboxylic acids is 4. The van der Waals surface area contributed by atoms with E-state index in [0.717, 1.165) is 114 Å². The summed E-state index contributed by atoms with van der Waals surface area (Å²) in [5.74, 6) is 0.841. The van der Waals surface area contributed by atoms with Crippen molar-refractivity contribution in [2.45, 2.75) is 375 Å². The van der Waals surface area contributed by atoms with Crippen LogP contribution in [0.3, 0.4) is 0 Å². The monoisotopic (exact) mass is 1340 g/mol. The summed E-state index contributed by atoms with van der Waals surface area (Å²) < 4.78 is 68.3. The molecule has 540 valence electrons. The molecule has 5 atom stereocenters. The average Bonchev–Trinajstić information content (AvgIpc) is 3.06. The second kappa shape index (κ2) is 61.6. The van der Waals surface area contributed by atoms with Crippen LogP contribution >= 0.6 is 15.6 Å². The molecular weight excluding hydrogens is 1200 g/mol. The minimum absolute atomic E-state index is 0.104. The molecule has 0 fully saturated rings. The Hall–Kier alpha value is -1.94. The van der Waals surface area contributed by atoms with Gasteiger partial charge in [-0.25, -0.2) is 9.13 Å². The SMILES string of the molecule is CC(C)CCCCCCCCCCCCCCCCC(=O)O[C@H](COC(=O)CCCCCCCCCCCCC(C)C)COP(=O)(O)OC[C@@H](O)COP(=O)(O)OC[C@@H](COC(=O)CCCCCCCCC(C)C)OC(=O)CCCCCCCCCCCC(C)C. The summed E-state index contributed by atoms with van der Waals surface area (Å²) in [6.07, 6.45) is 44.6. The van der Waals surface area contributed by atoms with Gasteiger partial charge in [0.1, 0.15) is 19.3 Å². The first-order valence-corrected chi connectivity index (χ1v) is 40.2. The van der Waals surface area contributed by atoms with Gasteiger partial charge in [0.05, 0.1) is 26.4 Å². The zero-order valence-electron chi connectivity index (χ0n) is 59.5. The fourth-order valence-corrected chi connectivity index (χ4v) is 12.4. The van der Waals surface area contributed by atoms with E-state index in [2.05, 4.69) is 55.4 Å². The summed E-state index contributed by atoms with van der Waals surface area (Å²) in [6.45, 7) is 14.1. The smallest absolute Gasteiger partial charge is 0.462 e. The lowest BCUT2D eigenvalue weighted by Gasteiger charge is -2.21. The maximum Gasteiger partial charge on any atom is 0.472 e. The van der Waals surface area contributed by atoms with E-state index < -0.39 is 97.5 Å². The average molecular weight is 1340 g/mol. The number of esters is 4. The molecular formula is C72H140O17P2. The highest BCUT2D eigenvalue weighted by Gasteiger charge is 2.30. The van der Waals surface area contributed by atoms with Crippen LogP contribution in [0.4, 0.5) is 0 Å². The summed E-state index contributed by atoms with van der Waals surface area (Å²) in [5, 5.41) is 10.6. The maximum absolute atomic E-state index is 13.0. The maximum atomic E-state index is 13.0. The highest BCUT2D eigenvalue weighted by molar-refractivity contribution is 7.47. The quantitative estimate of drug-likeness (QED) is 0.0222. The minimum Gasteiger partial charge on any atom is -0.462 e. The molecule has 0 aromatic rings. The molecule has 0 saturated heterocycles. The second-order valence-electron chi connectivity index (χ2n) is 27.9. The number of aliphatic hydroxyl groups is 1. The molecule has 0 bridgehead atoms. The third-order valence-electron chi connectivity index (χ3n) is 16.6. The number of phosphoric acid groups is 2. The van der Waals surface area contributed by atoms with E-state index in [0.29, 0.717) is 31.6 Å². The third-order valence-corrected chi connectivity index (χ3v) is 18.5. The molecule has 0 aliphatic carbocycles. The summed E-state index contributed by atoms with van der Waals surface area (Å²) in [6, 6.07) is 0. The van der Waals surface area contributed by atoms with Gasteiger partial charge >= 0.3 is 39.5 Å². The van der Waals surface area contributed by atoms with Crippen molar-refractivity contribution in [2.75, 3.05) is 39.6 Å². The molecule has 0 spiro atoms. The van der Waals surface area contributed by atoms with E-state index in [9.17, 15) is 43.2 Å². The zero-order valence-corrected chi connectivity index (χ0v) is 61.3. The van der Waals surface area contributed by atoms with Gasteiger partial charge in [-0.2, -0.15) is 0 Å². The molecule has 0 aromatic heterocycles. The van der Waals surface area contributed by atoms with Crippen LogP contribution in [-0.2, 0) is 65.4 Å². The summed E-state index contributed by atoms with van der Waals surface area (Å²) >= 11 is 0. The van der Waals surface area contributed by atoms with Gasteiger partial charge in [-0.05, 0) is 49.4 Å². The molecule has 17 nitrogen and oxygen atoms in total. The van der Waals surface area contributed by atoms with Crippen LogP contribution in [0.15, 0.2) is 0 Å². The normalized spacial score (nSPS) is 14.2. The molecule has 19 heteroatoms. The zero-order chi connectivity index (χ0) is 67.5. The molecule has 0 radical (unpaired) electrons. The Balaban J connectivity index is 5.24. The van der Waals surface area contributed by atoms with Crippen molar-refractivity contribution in [1.29, 1.82) is 0 Å². The molecule has 0 heterocycles. The molecule has 2 unspecified atom stereocenters. The Morgan fingerprint density at radius 2 is 0.462 bits per heavy atom. The molecule has 0 aromatic carbocycles. The van der Waals surface area contributed by atoms with Crippen molar-refractivity contribution in [2.24, 2.45) is 23.7 Å². The Morgan fingerprint density at radius 3 is 0.681 bits per heavy atom. The highest BCUT2D eigenvalue weighted by Crippen LogP contribution is 2.45. The Kier molecular flexibility index (Phi) is 60.3. The van der Waals surface area contributed by atoms with E-state index in [4.69, 9.17) is 37.0 Å². The van der Waals surface area contributed by atoms with Crippen molar-refractivity contribution in [3.8, 4) is 0 Å². The Morgan fingerprint density at radius 1 is 0.275 bits per heavy atom. The first-order chi connectivity index (χ1) is 43.6. The minimum atomic E-state index is -4.95. The molecule has 0 aliphatic rings. The van der Waals surface area contributed by atoms with E-state index >= 15 is 0 Å². The summed E-state index contributed by atoms with van der Waals surface area (Å²) in [5.41, 5.74) is 0. The number of phosphoric ester groups is 2. The van der Waals surface area contributed by atoms with Gasteiger partial charge in [0, 0.05) is 25.7 Å². The van der Waals surface area contributed by atoms with Crippen LogP contribution in [-0.4, -0.2) is 96.7 Å². The van der Waals surface area contributed by atoms with Crippen LogP contribution in [0.1, 0.15) is 357 Å². The Labute approximate surface area is 556 Å². The fraction of sp³-hybridized carbons (Fsp3) is 0.944. The van der Waals surface area contributed by atoms with Crippen LogP contribution in [0, 0.1) is 23.7 Å². The molecule has 0 rings (SSSR count). The molecule has 91 heavy (non-hydrogen) atoms.